The van der Waals surface area contributed by atoms with E-state index in [-0.39, 0.29) is 30.4 Å². The molecule has 0 aliphatic carbocycles. The van der Waals surface area contributed by atoms with E-state index in [9.17, 15) is 9.18 Å². The second-order valence-electron chi connectivity index (χ2n) is 5.05. The standard InChI is InChI=1S/C17H15Cl2FN4O2/c18-12-3-4-13(20)15(19)11(12)5-7-26-14-8-10(9-24-16(14)21)2-1-6-23-17(22)25/h3-4,8-9H,5-7H2,(H2,21,24)(H3,22,23,25). The third-order valence-corrected chi connectivity index (χ3v) is 3.98. The number of aromatic nitrogens is 1. The quantitative estimate of drug-likeness (QED) is 0.533. The molecule has 26 heavy (non-hydrogen) atoms. The van der Waals surface area contributed by atoms with Crippen LogP contribution in [0, 0.1) is 17.7 Å². The van der Waals surface area contributed by atoms with Crippen LogP contribution in [0.25, 0.3) is 0 Å². The highest BCUT2D eigenvalue weighted by atomic mass is 35.5. The first-order chi connectivity index (χ1) is 12.4. The number of anilines is 1. The largest absolute Gasteiger partial charge is 0.489 e. The summed E-state index contributed by atoms with van der Waals surface area (Å²) >= 11 is 12.0. The van der Waals surface area contributed by atoms with Crippen LogP contribution in [0.15, 0.2) is 24.4 Å². The molecule has 1 aromatic heterocycles. The van der Waals surface area contributed by atoms with Crippen molar-refractivity contribution in [2.75, 3.05) is 18.9 Å². The lowest BCUT2D eigenvalue weighted by Gasteiger charge is -2.11. The topological polar surface area (TPSA) is 103 Å². The molecular formula is C17H15Cl2FN4O2. The summed E-state index contributed by atoms with van der Waals surface area (Å²) < 4.78 is 19.1. The molecule has 1 aromatic carbocycles. The number of rotatable bonds is 5. The Morgan fingerprint density at radius 3 is 2.88 bits per heavy atom. The van der Waals surface area contributed by atoms with Crippen molar-refractivity contribution >= 4 is 35.1 Å². The SMILES string of the molecule is NC(=O)NCC#Cc1cnc(N)c(OCCc2c(Cl)ccc(F)c2Cl)c1. The lowest BCUT2D eigenvalue weighted by molar-refractivity contribution is 0.250. The number of pyridine rings is 1. The Balaban J connectivity index is 2.02. The van der Waals surface area contributed by atoms with Crippen molar-refractivity contribution < 1.29 is 13.9 Å². The van der Waals surface area contributed by atoms with Gasteiger partial charge < -0.3 is 21.5 Å². The molecule has 2 rings (SSSR count). The average Bonchev–Trinajstić information content (AvgIpc) is 2.60. The van der Waals surface area contributed by atoms with E-state index in [0.717, 1.165) is 0 Å². The van der Waals surface area contributed by atoms with Crippen LogP contribution >= 0.6 is 23.2 Å². The zero-order chi connectivity index (χ0) is 19.1. The molecule has 0 radical (unpaired) electrons. The van der Waals surface area contributed by atoms with Crippen molar-refractivity contribution in [3.63, 3.8) is 0 Å². The van der Waals surface area contributed by atoms with Gasteiger partial charge in [-0.15, -0.1) is 0 Å². The van der Waals surface area contributed by atoms with Gasteiger partial charge in [-0.3, -0.25) is 0 Å². The van der Waals surface area contributed by atoms with Gasteiger partial charge in [-0.1, -0.05) is 35.0 Å². The minimum Gasteiger partial charge on any atom is -0.489 e. The number of halogens is 3. The summed E-state index contributed by atoms with van der Waals surface area (Å²) in [4.78, 5) is 14.6. The Morgan fingerprint density at radius 2 is 2.15 bits per heavy atom. The number of ether oxygens (including phenoxy) is 1. The monoisotopic (exact) mass is 396 g/mol. The number of amides is 2. The Kier molecular flexibility index (Phi) is 6.89. The van der Waals surface area contributed by atoms with Crippen molar-refractivity contribution in [1.82, 2.24) is 10.3 Å². The van der Waals surface area contributed by atoms with E-state index < -0.39 is 11.8 Å². The normalized spacial score (nSPS) is 9.96. The number of primary amides is 1. The molecule has 0 fully saturated rings. The highest BCUT2D eigenvalue weighted by Crippen LogP contribution is 2.28. The van der Waals surface area contributed by atoms with Crippen molar-refractivity contribution in [3.8, 4) is 17.6 Å². The lowest BCUT2D eigenvalue weighted by Crippen LogP contribution is -2.29. The molecule has 2 aromatic rings. The molecule has 0 atom stereocenters. The number of carbonyl (C=O) groups excluding carboxylic acids is 1. The molecule has 9 heteroatoms. The van der Waals surface area contributed by atoms with Crippen LogP contribution < -0.4 is 21.5 Å². The van der Waals surface area contributed by atoms with E-state index in [2.05, 4.69) is 22.1 Å². The van der Waals surface area contributed by atoms with Crippen LogP contribution in [-0.4, -0.2) is 24.2 Å². The number of nitrogen functional groups attached to an aromatic ring is 1. The summed E-state index contributed by atoms with van der Waals surface area (Å²) in [6.07, 6.45) is 1.76. The number of nitrogens with zero attached hydrogens (tertiary/aromatic N) is 1. The molecule has 5 N–H and O–H groups in total. The van der Waals surface area contributed by atoms with Gasteiger partial charge in [0.1, 0.15) is 5.82 Å². The highest BCUT2D eigenvalue weighted by Gasteiger charge is 2.11. The Bertz CT molecular complexity index is 881. The maximum Gasteiger partial charge on any atom is 0.312 e. The second kappa shape index (κ2) is 9.13. The molecule has 6 nitrogen and oxygen atoms in total. The van der Waals surface area contributed by atoms with Crippen molar-refractivity contribution in [1.29, 1.82) is 0 Å². The predicted molar refractivity (Wildman–Crippen MR) is 98.7 cm³/mol. The fraction of sp³-hybridized carbons (Fsp3) is 0.176. The minimum atomic E-state index is -0.659. The van der Waals surface area contributed by atoms with Gasteiger partial charge in [-0.2, -0.15) is 0 Å². The first-order valence-electron chi connectivity index (χ1n) is 7.41. The van der Waals surface area contributed by atoms with E-state index in [1.54, 1.807) is 6.07 Å². The van der Waals surface area contributed by atoms with Crippen LogP contribution in [0.3, 0.4) is 0 Å². The molecule has 1 heterocycles. The molecule has 0 bridgehead atoms. The Morgan fingerprint density at radius 1 is 1.38 bits per heavy atom. The maximum absolute atomic E-state index is 13.5. The third kappa shape index (κ3) is 5.41. The summed E-state index contributed by atoms with van der Waals surface area (Å²) in [6, 6.07) is 3.58. The zero-order valence-electron chi connectivity index (χ0n) is 13.5. The molecule has 136 valence electrons. The van der Waals surface area contributed by atoms with E-state index >= 15 is 0 Å². The molecule has 0 saturated heterocycles. The lowest BCUT2D eigenvalue weighted by atomic mass is 10.1. The van der Waals surface area contributed by atoms with Gasteiger partial charge in [0.2, 0.25) is 0 Å². The van der Waals surface area contributed by atoms with Gasteiger partial charge in [0.15, 0.2) is 11.6 Å². The van der Waals surface area contributed by atoms with Crippen molar-refractivity contribution in [2.45, 2.75) is 6.42 Å². The number of hydrogen-bond donors (Lipinski definition) is 3. The fourth-order valence-electron chi connectivity index (χ4n) is 1.98. The number of benzene rings is 1. The van der Waals surface area contributed by atoms with Gasteiger partial charge >= 0.3 is 6.03 Å². The Labute approximate surface area is 159 Å². The van der Waals surface area contributed by atoms with Crippen LogP contribution in [0.5, 0.6) is 5.75 Å². The van der Waals surface area contributed by atoms with Gasteiger partial charge in [0, 0.05) is 29.3 Å². The number of nitrogens with one attached hydrogen (secondary N) is 1. The molecule has 0 aliphatic heterocycles. The van der Waals surface area contributed by atoms with Crippen molar-refractivity contribution in [3.05, 3.63) is 51.4 Å². The van der Waals surface area contributed by atoms with Crippen LogP contribution in [0.2, 0.25) is 10.0 Å². The van der Waals surface area contributed by atoms with Gasteiger partial charge in [0.25, 0.3) is 0 Å². The fourth-order valence-corrected chi connectivity index (χ4v) is 2.54. The van der Waals surface area contributed by atoms with E-state index in [1.807, 2.05) is 0 Å². The average molecular weight is 397 g/mol. The van der Waals surface area contributed by atoms with E-state index in [4.69, 9.17) is 39.4 Å². The number of hydrogen-bond acceptors (Lipinski definition) is 4. The third-order valence-electron chi connectivity index (χ3n) is 3.21. The molecule has 2 amide bonds. The number of urea groups is 1. The summed E-state index contributed by atoms with van der Waals surface area (Å²) in [5.74, 6) is 5.46. The summed E-state index contributed by atoms with van der Waals surface area (Å²) in [5.41, 5.74) is 11.7. The molecule has 0 aliphatic rings. The summed E-state index contributed by atoms with van der Waals surface area (Å²) in [5, 5.41) is 2.66. The smallest absolute Gasteiger partial charge is 0.312 e. The van der Waals surface area contributed by atoms with Gasteiger partial charge in [0.05, 0.1) is 18.2 Å². The van der Waals surface area contributed by atoms with Crippen LogP contribution in [-0.2, 0) is 6.42 Å². The van der Waals surface area contributed by atoms with Crippen LogP contribution in [0.4, 0.5) is 15.0 Å². The summed E-state index contributed by atoms with van der Waals surface area (Å²) in [7, 11) is 0. The number of carbonyl (C=O) groups is 1. The first kappa shape index (κ1) is 19.6. The van der Waals surface area contributed by atoms with E-state index in [0.29, 0.717) is 21.9 Å². The molecular weight excluding hydrogens is 382 g/mol. The summed E-state index contributed by atoms with van der Waals surface area (Å²) in [6.45, 7) is 0.265. The van der Waals surface area contributed by atoms with Gasteiger partial charge in [-0.05, 0) is 17.7 Å². The molecule has 0 saturated carbocycles. The zero-order valence-corrected chi connectivity index (χ0v) is 15.0. The first-order valence-corrected chi connectivity index (χ1v) is 8.17. The van der Waals surface area contributed by atoms with Crippen molar-refractivity contribution in [2.24, 2.45) is 5.73 Å². The maximum atomic E-state index is 13.5. The van der Waals surface area contributed by atoms with Gasteiger partial charge in [-0.25, -0.2) is 14.2 Å². The Hall–Kier alpha value is -2.69. The number of nitrogens with two attached hydrogens (primary N) is 2. The molecule has 0 spiro atoms. The van der Waals surface area contributed by atoms with E-state index in [1.165, 1.54) is 18.3 Å². The second-order valence-corrected chi connectivity index (χ2v) is 5.83. The van der Waals surface area contributed by atoms with Crippen LogP contribution in [0.1, 0.15) is 11.1 Å². The molecule has 0 unspecified atom stereocenters. The minimum absolute atomic E-state index is 0.0336. The predicted octanol–water partition coefficient (Wildman–Crippen LogP) is 2.75. The highest BCUT2D eigenvalue weighted by molar-refractivity contribution is 6.36.